The molecule has 0 saturated heterocycles. The van der Waals surface area contributed by atoms with E-state index in [2.05, 4.69) is 16.1 Å². The Morgan fingerprint density at radius 3 is 2.58 bits per heavy atom. The molecule has 2 N–H and O–H groups in total. The summed E-state index contributed by atoms with van der Waals surface area (Å²) < 4.78 is 37.3. The molecule has 0 radical (unpaired) electrons. The van der Waals surface area contributed by atoms with E-state index in [4.69, 9.17) is 10.00 Å². The van der Waals surface area contributed by atoms with E-state index in [0.717, 1.165) is 17.5 Å². The van der Waals surface area contributed by atoms with Crippen LogP contribution in [-0.4, -0.2) is 21.1 Å². The quantitative estimate of drug-likeness (QED) is 0.547. The second-order valence-corrected chi connectivity index (χ2v) is 9.36. The van der Waals surface area contributed by atoms with Gasteiger partial charge in [-0.15, -0.1) is 0 Å². The van der Waals surface area contributed by atoms with Crippen molar-refractivity contribution in [3.05, 3.63) is 81.4 Å². The lowest BCUT2D eigenvalue weighted by Crippen LogP contribution is -2.22. The number of aromatic nitrogens is 1. The average Bonchev–Trinajstić information content (AvgIpc) is 3.61. The van der Waals surface area contributed by atoms with Gasteiger partial charge < -0.3 is 10.1 Å². The highest BCUT2D eigenvalue weighted by Crippen LogP contribution is 2.46. The second-order valence-electron chi connectivity index (χ2n) is 7.96. The van der Waals surface area contributed by atoms with Gasteiger partial charge in [0, 0.05) is 19.0 Å². The molecule has 3 atom stereocenters. The fraction of sp³-hybridized carbons (Fsp3) is 0.250. The van der Waals surface area contributed by atoms with E-state index in [0.29, 0.717) is 11.3 Å². The van der Waals surface area contributed by atoms with Crippen LogP contribution >= 0.6 is 0 Å². The van der Waals surface area contributed by atoms with Gasteiger partial charge in [0.05, 0.1) is 29.7 Å². The number of nitrogens with zero attached hydrogens (tertiary/aromatic N) is 2. The predicted molar refractivity (Wildman–Crippen MR) is 127 cm³/mol. The molecule has 0 amide bonds. The van der Waals surface area contributed by atoms with Gasteiger partial charge in [0.25, 0.3) is 5.56 Å². The summed E-state index contributed by atoms with van der Waals surface area (Å²) >= 11 is 0. The SMILES string of the molecule is COc1cc(=O)n(C)c(Nc2ccc(C)cc2F)c1NS(=O)C1CC1c1ccc(C#N)cc1. The van der Waals surface area contributed by atoms with Crippen LogP contribution in [0.15, 0.2) is 53.3 Å². The number of methoxy groups -OCH3 is 1. The summed E-state index contributed by atoms with van der Waals surface area (Å²) in [6.07, 6.45) is 0.717. The lowest BCUT2D eigenvalue weighted by atomic mass is 10.1. The summed E-state index contributed by atoms with van der Waals surface area (Å²) in [6, 6.07) is 15.3. The molecule has 1 aliphatic rings. The maximum atomic E-state index is 14.5. The maximum Gasteiger partial charge on any atom is 0.255 e. The number of hydrogen-bond donors (Lipinski definition) is 2. The molecule has 33 heavy (non-hydrogen) atoms. The minimum atomic E-state index is -1.50. The van der Waals surface area contributed by atoms with E-state index < -0.39 is 16.8 Å². The summed E-state index contributed by atoms with van der Waals surface area (Å²) in [6.45, 7) is 1.78. The largest absolute Gasteiger partial charge is 0.494 e. The molecule has 3 aromatic rings. The van der Waals surface area contributed by atoms with E-state index in [1.807, 2.05) is 12.1 Å². The van der Waals surface area contributed by atoms with Crippen LogP contribution in [0.2, 0.25) is 0 Å². The highest BCUT2D eigenvalue weighted by atomic mass is 32.2. The van der Waals surface area contributed by atoms with Gasteiger partial charge in [0.15, 0.2) is 5.75 Å². The Balaban J connectivity index is 1.62. The van der Waals surface area contributed by atoms with E-state index in [9.17, 15) is 13.4 Å². The van der Waals surface area contributed by atoms with E-state index in [-0.39, 0.29) is 34.0 Å². The molecular formula is C24H23FN4O3S. The topological polar surface area (TPSA) is 96.2 Å². The van der Waals surface area contributed by atoms with E-state index in [1.54, 1.807) is 38.2 Å². The average molecular weight is 467 g/mol. The van der Waals surface area contributed by atoms with Gasteiger partial charge in [0.2, 0.25) is 0 Å². The van der Waals surface area contributed by atoms with Crippen molar-refractivity contribution in [3.8, 4) is 11.8 Å². The fourth-order valence-corrected chi connectivity index (χ4v) is 5.06. The van der Waals surface area contributed by atoms with Gasteiger partial charge >= 0.3 is 0 Å². The molecule has 7 nitrogen and oxygen atoms in total. The Morgan fingerprint density at radius 2 is 1.94 bits per heavy atom. The first kappa shape index (κ1) is 22.6. The monoisotopic (exact) mass is 466 g/mol. The molecule has 1 saturated carbocycles. The number of pyridine rings is 1. The number of ether oxygens (including phenoxy) is 1. The van der Waals surface area contributed by atoms with Crippen LogP contribution in [0, 0.1) is 24.1 Å². The van der Waals surface area contributed by atoms with Crippen molar-refractivity contribution < 1.29 is 13.3 Å². The summed E-state index contributed by atoms with van der Waals surface area (Å²) in [5, 5.41) is 11.8. The molecule has 0 spiro atoms. The molecule has 4 rings (SSSR count). The van der Waals surface area contributed by atoms with Crippen molar-refractivity contribution in [1.82, 2.24) is 4.57 Å². The fourth-order valence-electron chi connectivity index (χ4n) is 3.67. The third-order valence-corrected chi connectivity index (χ3v) is 7.16. The summed E-state index contributed by atoms with van der Waals surface area (Å²) in [4.78, 5) is 12.4. The molecule has 0 bridgehead atoms. The van der Waals surface area contributed by atoms with Gasteiger partial charge in [-0.3, -0.25) is 14.1 Å². The molecule has 1 aliphatic carbocycles. The molecule has 3 unspecified atom stereocenters. The van der Waals surface area contributed by atoms with Crippen LogP contribution in [0.3, 0.4) is 0 Å². The highest BCUT2D eigenvalue weighted by molar-refractivity contribution is 7.87. The third kappa shape index (κ3) is 4.61. The second kappa shape index (κ2) is 9.08. The standard InChI is InChI=1S/C24H23FN4O3S/c1-14-4-9-19(18(25)10-14)27-24-23(20(32-3)12-22(30)29(24)2)28-33(31)21-11-17(21)16-7-5-15(13-26)6-8-16/h4-10,12,17,21,27-28H,11H2,1-3H3. The molecule has 1 fully saturated rings. The van der Waals surface area contributed by atoms with E-state index >= 15 is 0 Å². The first-order valence-electron chi connectivity index (χ1n) is 10.3. The van der Waals surface area contributed by atoms with Crippen molar-refractivity contribution in [1.29, 1.82) is 5.26 Å². The number of rotatable bonds is 7. The van der Waals surface area contributed by atoms with Crippen molar-refractivity contribution in [2.24, 2.45) is 7.05 Å². The third-order valence-electron chi connectivity index (χ3n) is 5.68. The molecule has 9 heteroatoms. The number of halogens is 1. The number of hydrogen-bond acceptors (Lipinski definition) is 5. The van der Waals surface area contributed by atoms with Crippen LogP contribution < -0.4 is 20.3 Å². The Morgan fingerprint density at radius 1 is 1.21 bits per heavy atom. The predicted octanol–water partition coefficient (Wildman–Crippen LogP) is 4.09. The Bertz CT molecular complexity index is 1330. The number of nitriles is 1. The Hall–Kier alpha value is -3.64. The van der Waals surface area contributed by atoms with Crippen molar-refractivity contribution in [2.75, 3.05) is 17.1 Å². The van der Waals surface area contributed by atoms with E-state index in [1.165, 1.54) is 23.8 Å². The first-order valence-corrected chi connectivity index (χ1v) is 11.5. The van der Waals surface area contributed by atoms with Crippen LogP contribution in [0.1, 0.15) is 29.0 Å². The minimum absolute atomic E-state index is 0.0931. The van der Waals surface area contributed by atoms with Crippen LogP contribution in [0.4, 0.5) is 21.6 Å². The first-order chi connectivity index (χ1) is 15.8. The molecule has 1 aromatic heterocycles. The molecular weight excluding hydrogens is 443 g/mol. The van der Waals surface area contributed by atoms with Gasteiger partial charge in [-0.05, 0) is 48.7 Å². The van der Waals surface area contributed by atoms with Gasteiger partial charge in [-0.25, -0.2) is 8.60 Å². The van der Waals surface area contributed by atoms with Crippen LogP contribution in [-0.2, 0) is 18.0 Å². The van der Waals surface area contributed by atoms with Crippen LogP contribution in [0.25, 0.3) is 0 Å². The minimum Gasteiger partial charge on any atom is -0.494 e. The number of nitrogens with one attached hydrogen (secondary N) is 2. The number of anilines is 3. The number of aryl methyl sites for hydroxylation is 1. The van der Waals surface area contributed by atoms with Gasteiger partial charge in [0.1, 0.15) is 28.3 Å². The highest BCUT2D eigenvalue weighted by Gasteiger charge is 2.44. The Kier molecular flexibility index (Phi) is 6.20. The number of benzene rings is 2. The molecule has 170 valence electrons. The van der Waals surface area contributed by atoms with Gasteiger partial charge in [-0.2, -0.15) is 5.26 Å². The summed E-state index contributed by atoms with van der Waals surface area (Å²) in [7, 11) is 1.46. The molecule has 0 aliphatic heterocycles. The Labute approximate surface area is 193 Å². The van der Waals surface area contributed by atoms with Crippen molar-refractivity contribution in [2.45, 2.75) is 24.5 Å². The zero-order valence-corrected chi connectivity index (χ0v) is 19.2. The zero-order valence-electron chi connectivity index (χ0n) is 18.4. The molecule has 2 aromatic carbocycles. The van der Waals surface area contributed by atoms with Crippen molar-refractivity contribution in [3.63, 3.8) is 0 Å². The molecule has 1 heterocycles. The lowest BCUT2D eigenvalue weighted by Gasteiger charge is -2.19. The summed E-state index contributed by atoms with van der Waals surface area (Å²) in [5.74, 6) is 0.0686. The summed E-state index contributed by atoms with van der Waals surface area (Å²) in [5.41, 5.74) is 2.48. The van der Waals surface area contributed by atoms with Crippen LogP contribution in [0.5, 0.6) is 5.75 Å². The van der Waals surface area contributed by atoms with Crippen molar-refractivity contribution >= 4 is 28.2 Å². The lowest BCUT2D eigenvalue weighted by molar-refractivity contribution is 0.415. The zero-order chi connectivity index (χ0) is 23.7. The normalized spacial score (nSPS) is 17.7. The smallest absolute Gasteiger partial charge is 0.255 e. The maximum absolute atomic E-state index is 14.5. The van der Waals surface area contributed by atoms with Gasteiger partial charge in [-0.1, -0.05) is 18.2 Å².